The molecule has 4 rings (SSSR count). The second kappa shape index (κ2) is 8.48. The highest BCUT2D eigenvalue weighted by Crippen LogP contribution is 2.48. The molecule has 2 aliphatic rings. The van der Waals surface area contributed by atoms with E-state index in [0.29, 0.717) is 29.6 Å². The molecule has 1 saturated carbocycles. The third-order valence-electron chi connectivity index (χ3n) is 6.84. The van der Waals surface area contributed by atoms with Crippen LogP contribution >= 0.6 is 0 Å². The molecule has 1 aromatic heterocycles. The Hall–Kier alpha value is -2.63. The number of benzene rings is 1. The molecular formula is C23H31N5O3. The van der Waals surface area contributed by atoms with E-state index in [2.05, 4.69) is 35.1 Å². The minimum atomic E-state index is -0.385. The first kappa shape index (κ1) is 21.6. The molecule has 1 aromatic carbocycles. The number of nitrogens with zero attached hydrogens (tertiary/aromatic N) is 3. The molecule has 2 heterocycles. The Labute approximate surface area is 181 Å². The van der Waals surface area contributed by atoms with Crippen LogP contribution in [0, 0.1) is 16.7 Å². The molecule has 8 heteroatoms. The average Bonchev–Trinajstić information content (AvgIpc) is 3.49. The van der Waals surface area contributed by atoms with Crippen molar-refractivity contribution in [1.29, 1.82) is 5.26 Å². The third kappa shape index (κ3) is 3.77. The van der Waals surface area contributed by atoms with Gasteiger partial charge in [-0.3, -0.25) is 19.2 Å². The van der Waals surface area contributed by atoms with Crippen LogP contribution in [0.15, 0.2) is 21.7 Å². The summed E-state index contributed by atoms with van der Waals surface area (Å²) in [4.78, 5) is 30.1. The van der Waals surface area contributed by atoms with Gasteiger partial charge < -0.3 is 10.1 Å². The van der Waals surface area contributed by atoms with Crippen molar-refractivity contribution in [3.63, 3.8) is 0 Å². The van der Waals surface area contributed by atoms with Crippen molar-refractivity contribution in [3.05, 3.63) is 38.5 Å². The van der Waals surface area contributed by atoms with Gasteiger partial charge in [-0.05, 0) is 38.4 Å². The van der Waals surface area contributed by atoms with Gasteiger partial charge in [-0.25, -0.2) is 4.79 Å². The highest BCUT2D eigenvalue weighted by Gasteiger charge is 2.43. The van der Waals surface area contributed by atoms with E-state index in [-0.39, 0.29) is 28.7 Å². The zero-order valence-corrected chi connectivity index (χ0v) is 18.5. The van der Waals surface area contributed by atoms with E-state index in [4.69, 9.17) is 4.74 Å². The Bertz CT molecular complexity index is 1120. The maximum absolute atomic E-state index is 12.7. The minimum absolute atomic E-state index is 0.0118. The van der Waals surface area contributed by atoms with Gasteiger partial charge in [0.25, 0.3) is 5.56 Å². The number of hydrogen-bond acceptors (Lipinski definition) is 6. The first-order chi connectivity index (χ1) is 14.9. The molecule has 2 atom stereocenters. The van der Waals surface area contributed by atoms with Crippen molar-refractivity contribution < 1.29 is 4.74 Å². The summed E-state index contributed by atoms with van der Waals surface area (Å²) in [5, 5.41) is 13.2. The van der Waals surface area contributed by atoms with E-state index >= 15 is 0 Å². The van der Waals surface area contributed by atoms with Gasteiger partial charge in [-0.2, -0.15) is 5.26 Å². The van der Waals surface area contributed by atoms with E-state index in [1.54, 1.807) is 11.7 Å². The van der Waals surface area contributed by atoms with Crippen LogP contribution in [-0.2, 0) is 0 Å². The number of aromatic nitrogens is 2. The smallest absolute Gasteiger partial charge is 0.329 e. The molecule has 31 heavy (non-hydrogen) atoms. The maximum Gasteiger partial charge on any atom is 0.329 e. The monoisotopic (exact) mass is 425 g/mol. The standard InChI is InChI=1S/C23H31N5O3/c1-4-27(13-5-11-24)20(23(2)10-12-25-14-23)17-9-8-16-18(19(17)31-3)28(15-6-7-15)22(30)26-21(16)29/h8-9,15,20,25H,4-7,10,12-14H2,1-3H3,(H,26,29,30). The van der Waals surface area contributed by atoms with E-state index in [9.17, 15) is 14.9 Å². The Morgan fingerprint density at radius 2 is 2.16 bits per heavy atom. The Morgan fingerprint density at radius 1 is 1.39 bits per heavy atom. The fourth-order valence-electron chi connectivity index (χ4n) is 5.19. The van der Waals surface area contributed by atoms with Crippen LogP contribution in [-0.4, -0.2) is 47.7 Å². The van der Waals surface area contributed by atoms with Crippen molar-refractivity contribution in [2.75, 3.05) is 33.3 Å². The molecule has 1 aliphatic heterocycles. The number of rotatable bonds is 8. The summed E-state index contributed by atoms with van der Waals surface area (Å²) < 4.78 is 7.65. The normalized spacial score (nSPS) is 22.0. The summed E-state index contributed by atoms with van der Waals surface area (Å²) in [7, 11) is 1.61. The molecule has 1 aliphatic carbocycles. The lowest BCUT2D eigenvalue weighted by Gasteiger charge is -2.42. The van der Waals surface area contributed by atoms with Gasteiger partial charge in [0.2, 0.25) is 0 Å². The number of ether oxygens (including phenoxy) is 1. The summed E-state index contributed by atoms with van der Waals surface area (Å²) in [6, 6.07) is 6.15. The van der Waals surface area contributed by atoms with E-state index in [0.717, 1.165) is 44.5 Å². The third-order valence-corrected chi connectivity index (χ3v) is 6.84. The lowest BCUT2D eigenvalue weighted by atomic mass is 9.76. The molecule has 8 nitrogen and oxygen atoms in total. The summed E-state index contributed by atoms with van der Waals surface area (Å²) >= 11 is 0. The SMILES string of the molecule is CCN(CCC#N)C(c1ccc2c(=O)[nH]c(=O)n(C3CC3)c2c1OC)C1(C)CCNC1. The number of nitriles is 1. The Balaban J connectivity index is 1.99. The highest BCUT2D eigenvalue weighted by atomic mass is 16.5. The van der Waals surface area contributed by atoms with Crippen molar-refractivity contribution in [2.24, 2.45) is 5.41 Å². The van der Waals surface area contributed by atoms with Gasteiger partial charge in [0.15, 0.2) is 0 Å². The van der Waals surface area contributed by atoms with Gasteiger partial charge in [-0.15, -0.1) is 0 Å². The zero-order chi connectivity index (χ0) is 22.2. The van der Waals surface area contributed by atoms with Crippen LogP contribution in [0.25, 0.3) is 10.9 Å². The fourth-order valence-corrected chi connectivity index (χ4v) is 5.19. The van der Waals surface area contributed by atoms with Crippen LogP contribution in [0.5, 0.6) is 5.75 Å². The van der Waals surface area contributed by atoms with Gasteiger partial charge in [-0.1, -0.05) is 19.9 Å². The average molecular weight is 426 g/mol. The summed E-state index contributed by atoms with van der Waals surface area (Å²) in [6.45, 7) is 7.60. The van der Waals surface area contributed by atoms with Crippen LogP contribution in [0.2, 0.25) is 0 Å². The molecular weight excluding hydrogens is 394 g/mol. The molecule has 2 aromatic rings. The predicted octanol–water partition coefficient (Wildman–Crippen LogP) is 2.31. The lowest BCUT2D eigenvalue weighted by Crippen LogP contribution is -2.42. The molecule has 0 bridgehead atoms. The van der Waals surface area contributed by atoms with Gasteiger partial charge in [0, 0.05) is 42.6 Å². The second-order valence-electron chi connectivity index (χ2n) is 8.96. The van der Waals surface area contributed by atoms with Crippen LogP contribution in [0.1, 0.15) is 57.2 Å². The van der Waals surface area contributed by atoms with Crippen LogP contribution in [0.4, 0.5) is 0 Å². The molecule has 166 valence electrons. The number of fused-ring (bicyclic) bond motifs is 1. The van der Waals surface area contributed by atoms with Crippen molar-refractivity contribution >= 4 is 10.9 Å². The first-order valence-corrected chi connectivity index (χ1v) is 11.1. The van der Waals surface area contributed by atoms with Gasteiger partial charge in [0.05, 0.1) is 18.6 Å². The van der Waals surface area contributed by atoms with Crippen molar-refractivity contribution in [2.45, 2.75) is 51.6 Å². The number of nitrogens with one attached hydrogen (secondary N) is 2. The minimum Gasteiger partial charge on any atom is -0.494 e. The van der Waals surface area contributed by atoms with Gasteiger partial charge in [0.1, 0.15) is 11.3 Å². The fraction of sp³-hybridized carbons (Fsp3) is 0.609. The lowest BCUT2D eigenvalue weighted by molar-refractivity contribution is 0.0913. The van der Waals surface area contributed by atoms with Crippen LogP contribution in [0.3, 0.4) is 0 Å². The first-order valence-electron chi connectivity index (χ1n) is 11.1. The topological polar surface area (TPSA) is 103 Å². The molecule has 0 amide bonds. The predicted molar refractivity (Wildman–Crippen MR) is 119 cm³/mol. The summed E-state index contributed by atoms with van der Waals surface area (Å²) in [6.07, 6.45) is 3.27. The van der Waals surface area contributed by atoms with Gasteiger partial charge >= 0.3 is 5.69 Å². The molecule has 1 saturated heterocycles. The Morgan fingerprint density at radius 3 is 2.74 bits per heavy atom. The largest absolute Gasteiger partial charge is 0.494 e. The zero-order valence-electron chi connectivity index (χ0n) is 18.5. The highest BCUT2D eigenvalue weighted by molar-refractivity contribution is 5.86. The molecule has 2 fully saturated rings. The second-order valence-corrected chi connectivity index (χ2v) is 8.96. The van der Waals surface area contributed by atoms with Crippen molar-refractivity contribution in [1.82, 2.24) is 19.8 Å². The number of H-pyrrole nitrogens is 1. The molecule has 0 spiro atoms. The maximum atomic E-state index is 12.7. The van der Waals surface area contributed by atoms with Crippen LogP contribution < -0.4 is 21.3 Å². The Kier molecular flexibility index (Phi) is 5.91. The molecule has 2 unspecified atom stereocenters. The van der Waals surface area contributed by atoms with E-state index in [1.807, 2.05) is 12.1 Å². The van der Waals surface area contributed by atoms with E-state index in [1.165, 1.54) is 0 Å². The summed E-state index contributed by atoms with van der Waals surface area (Å²) in [5.74, 6) is 0.598. The summed E-state index contributed by atoms with van der Waals surface area (Å²) in [5.41, 5.74) is 0.729. The molecule has 0 radical (unpaired) electrons. The van der Waals surface area contributed by atoms with E-state index < -0.39 is 0 Å². The quantitative estimate of drug-likeness (QED) is 0.673. The number of aromatic amines is 1. The molecule has 2 N–H and O–H groups in total. The van der Waals surface area contributed by atoms with Crippen molar-refractivity contribution in [3.8, 4) is 11.8 Å². The number of hydrogen-bond donors (Lipinski definition) is 2. The number of methoxy groups -OCH3 is 1.